The van der Waals surface area contributed by atoms with Crippen molar-refractivity contribution < 1.29 is 9.59 Å². The van der Waals surface area contributed by atoms with Crippen LogP contribution >= 0.6 is 15.9 Å². The van der Waals surface area contributed by atoms with Crippen LogP contribution in [0.5, 0.6) is 0 Å². The Morgan fingerprint density at radius 3 is 2.42 bits per heavy atom. The molecule has 0 atom stereocenters. The summed E-state index contributed by atoms with van der Waals surface area (Å²) in [5.74, 6) is -0.0152. The van der Waals surface area contributed by atoms with Crippen LogP contribution in [0.25, 0.3) is 5.69 Å². The molecule has 0 saturated carbocycles. The van der Waals surface area contributed by atoms with Crippen molar-refractivity contribution in [2.24, 2.45) is 5.92 Å². The highest BCUT2D eigenvalue weighted by molar-refractivity contribution is 9.10. The first-order chi connectivity index (χ1) is 15.0. The molecule has 1 N–H and O–H groups in total. The van der Waals surface area contributed by atoms with E-state index in [4.69, 9.17) is 0 Å². The molecule has 2 amide bonds. The number of carbonyl (C=O) groups excluding carboxylic acids is 2. The molecular formula is C24H25BrN4O2. The lowest BCUT2D eigenvalue weighted by molar-refractivity contribution is -0.126. The standard InChI is InChI=1S/C24H25BrN4O2/c1-17-22(16-27-29(17)21-9-7-20(25)8-10-21)24(31)28-13-11-19(12-14-28)23(30)26-15-18-5-3-2-4-6-18/h2-10,16,19H,11-15H2,1H3,(H,26,30). The third-order valence-corrected chi connectivity index (χ3v) is 6.30. The number of nitrogens with zero attached hydrogens (tertiary/aromatic N) is 3. The fraction of sp³-hybridized carbons (Fsp3) is 0.292. The zero-order chi connectivity index (χ0) is 21.8. The zero-order valence-electron chi connectivity index (χ0n) is 17.4. The van der Waals surface area contributed by atoms with Crippen molar-refractivity contribution in [3.05, 3.63) is 82.1 Å². The number of nitrogens with one attached hydrogen (secondary N) is 1. The molecule has 1 aromatic heterocycles. The first-order valence-electron chi connectivity index (χ1n) is 10.4. The van der Waals surface area contributed by atoms with Crippen LogP contribution in [0.15, 0.2) is 65.3 Å². The van der Waals surface area contributed by atoms with E-state index in [2.05, 4.69) is 26.3 Å². The molecule has 31 heavy (non-hydrogen) atoms. The fourth-order valence-electron chi connectivity index (χ4n) is 3.91. The topological polar surface area (TPSA) is 67.2 Å². The van der Waals surface area contributed by atoms with Crippen LogP contribution in [-0.4, -0.2) is 39.6 Å². The van der Waals surface area contributed by atoms with E-state index in [0.717, 1.165) is 21.4 Å². The molecule has 3 aromatic rings. The average molecular weight is 481 g/mol. The van der Waals surface area contributed by atoms with E-state index in [1.807, 2.05) is 66.4 Å². The van der Waals surface area contributed by atoms with Crippen molar-refractivity contribution >= 4 is 27.7 Å². The van der Waals surface area contributed by atoms with Gasteiger partial charge in [0.15, 0.2) is 0 Å². The number of halogens is 1. The lowest BCUT2D eigenvalue weighted by atomic mass is 9.95. The molecule has 0 spiro atoms. The molecule has 2 heterocycles. The summed E-state index contributed by atoms with van der Waals surface area (Å²) < 4.78 is 2.77. The van der Waals surface area contributed by atoms with Crippen LogP contribution in [0.4, 0.5) is 0 Å². The molecule has 0 aliphatic carbocycles. The number of piperidine rings is 1. The van der Waals surface area contributed by atoms with E-state index in [9.17, 15) is 9.59 Å². The van der Waals surface area contributed by atoms with Gasteiger partial charge in [-0.15, -0.1) is 0 Å². The molecule has 0 bridgehead atoms. The summed E-state index contributed by atoms with van der Waals surface area (Å²) in [4.78, 5) is 27.4. The molecular weight excluding hydrogens is 456 g/mol. The van der Waals surface area contributed by atoms with E-state index in [-0.39, 0.29) is 17.7 Å². The Bertz CT molecular complexity index is 1050. The molecule has 6 nitrogen and oxygen atoms in total. The van der Waals surface area contributed by atoms with Gasteiger partial charge >= 0.3 is 0 Å². The number of likely N-dealkylation sites (tertiary alicyclic amines) is 1. The van der Waals surface area contributed by atoms with Gasteiger partial charge in [-0.05, 0) is 49.6 Å². The highest BCUT2D eigenvalue weighted by Crippen LogP contribution is 2.22. The lowest BCUT2D eigenvalue weighted by Gasteiger charge is -2.31. The van der Waals surface area contributed by atoms with Gasteiger partial charge < -0.3 is 10.2 Å². The number of carbonyl (C=O) groups is 2. The zero-order valence-corrected chi connectivity index (χ0v) is 19.0. The number of hydrogen-bond acceptors (Lipinski definition) is 3. The summed E-state index contributed by atoms with van der Waals surface area (Å²) in [7, 11) is 0. The Morgan fingerprint density at radius 1 is 1.06 bits per heavy atom. The first kappa shape index (κ1) is 21.3. The highest BCUT2D eigenvalue weighted by Gasteiger charge is 2.29. The minimum atomic E-state index is -0.0562. The van der Waals surface area contributed by atoms with Crippen LogP contribution in [0.2, 0.25) is 0 Å². The maximum atomic E-state index is 13.1. The van der Waals surface area contributed by atoms with Crippen LogP contribution in [0, 0.1) is 12.8 Å². The Balaban J connectivity index is 1.34. The van der Waals surface area contributed by atoms with Crippen LogP contribution in [0.3, 0.4) is 0 Å². The minimum absolute atomic E-state index is 0.0241. The number of benzene rings is 2. The second-order valence-corrected chi connectivity index (χ2v) is 8.72. The van der Waals surface area contributed by atoms with Gasteiger partial charge in [0, 0.05) is 30.0 Å². The normalized spacial score (nSPS) is 14.5. The summed E-state index contributed by atoms with van der Waals surface area (Å²) in [5, 5.41) is 7.44. The first-order valence-corrected chi connectivity index (χ1v) is 11.2. The summed E-state index contributed by atoms with van der Waals surface area (Å²) in [6, 6.07) is 17.7. The molecule has 4 rings (SSSR count). The summed E-state index contributed by atoms with van der Waals surface area (Å²) in [5.41, 5.74) is 3.42. The minimum Gasteiger partial charge on any atom is -0.352 e. The number of amides is 2. The van der Waals surface area contributed by atoms with Gasteiger partial charge in [-0.2, -0.15) is 5.10 Å². The van der Waals surface area contributed by atoms with Crippen molar-refractivity contribution in [1.29, 1.82) is 0 Å². The highest BCUT2D eigenvalue weighted by atomic mass is 79.9. The predicted octanol–water partition coefficient (Wildman–Crippen LogP) is 4.11. The van der Waals surface area contributed by atoms with E-state index >= 15 is 0 Å². The SMILES string of the molecule is Cc1c(C(=O)N2CCC(C(=O)NCc3ccccc3)CC2)cnn1-c1ccc(Br)cc1. The molecule has 1 fully saturated rings. The van der Waals surface area contributed by atoms with Gasteiger partial charge in [0.05, 0.1) is 23.1 Å². The monoisotopic (exact) mass is 480 g/mol. The van der Waals surface area contributed by atoms with E-state index in [1.54, 1.807) is 10.9 Å². The van der Waals surface area contributed by atoms with Gasteiger partial charge in [-0.3, -0.25) is 9.59 Å². The van der Waals surface area contributed by atoms with Crippen LogP contribution in [-0.2, 0) is 11.3 Å². The molecule has 0 unspecified atom stereocenters. The molecule has 1 saturated heterocycles. The second-order valence-electron chi connectivity index (χ2n) is 7.80. The van der Waals surface area contributed by atoms with Crippen molar-refractivity contribution in [3.8, 4) is 5.69 Å². The van der Waals surface area contributed by atoms with Crippen LogP contribution in [0.1, 0.15) is 34.5 Å². The number of hydrogen-bond donors (Lipinski definition) is 1. The number of rotatable bonds is 5. The Labute approximate surface area is 190 Å². The molecule has 7 heteroatoms. The maximum Gasteiger partial charge on any atom is 0.257 e. The van der Waals surface area contributed by atoms with Crippen molar-refractivity contribution in [3.63, 3.8) is 0 Å². The van der Waals surface area contributed by atoms with Gasteiger partial charge in [0.25, 0.3) is 5.91 Å². The summed E-state index contributed by atoms with van der Waals surface area (Å²) >= 11 is 3.43. The van der Waals surface area contributed by atoms with E-state index in [0.29, 0.717) is 38.0 Å². The van der Waals surface area contributed by atoms with E-state index in [1.165, 1.54) is 0 Å². The largest absolute Gasteiger partial charge is 0.352 e. The Hall–Kier alpha value is -2.93. The van der Waals surface area contributed by atoms with Gasteiger partial charge in [-0.1, -0.05) is 46.3 Å². The van der Waals surface area contributed by atoms with Crippen molar-refractivity contribution in [1.82, 2.24) is 20.0 Å². The van der Waals surface area contributed by atoms with Crippen molar-refractivity contribution in [2.45, 2.75) is 26.3 Å². The fourth-order valence-corrected chi connectivity index (χ4v) is 4.17. The molecule has 2 aromatic carbocycles. The number of aromatic nitrogens is 2. The third-order valence-electron chi connectivity index (χ3n) is 5.77. The Morgan fingerprint density at radius 2 is 1.74 bits per heavy atom. The summed E-state index contributed by atoms with van der Waals surface area (Å²) in [6.07, 6.45) is 2.98. The van der Waals surface area contributed by atoms with Gasteiger partial charge in [0.2, 0.25) is 5.91 Å². The second kappa shape index (κ2) is 9.47. The Kier molecular flexibility index (Phi) is 6.51. The van der Waals surface area contributed by atoms with Crippen molar-refractivity contribution in [2.75, 3.05) is 13.1 Å². The molecule has 0 radical (unpaired) electrons. The lowest BCUT2D eigenvalue weighted by Crippen LogP contribution is -2.43. The average Bonchev–Trinajstić information content (AvgIpc) is 3.19. The van der Waals surface area contributed by atoms with Gasteiger partial charge in [-0.25, -0.2) is 4.68 Å². The predicted molar refractivity (Wildman–Crippen MR) is 123 cm³/mol. The molecule has 1 aliphatic heterocycles. The smallest absolute Gasteiger partial charge is 0.257 e. The maximum absolute atomic E-state index is 13.1. The third kappa shape index (κ3) is 4.88. The van der Waals surface area contributed by atoms with Gasteiger partial charge in [0.1, 0.15) is 0 Å². The van der Waals surface area contributed by atoms with E-state index < -0.39 is 0 Å². The molecule has 160 valence electrons. The molecule has 1 aliphatic rings. The summed E-state index contributed by atoms with van der Waals surface area (Å²) in [6.45, 7) is 3.59. The quantitative estimate of drug-likeness (QED) is 0.597. The van der Waals surface area contributed by atoms with Crippen LogP contribution < -0.4 is 5.32 Å².